The van der Waals surface area contributed by atoms with Gasteiger partial charge < -0.3 is 10.4 Å². The molecule has 2 aromatic rings. The van der Waals surface area contributed by atoms with Gasteiger partial charge in [-0.3, -0.25) is 9.00 Å². The topological polar surface area (TPSA) is 66.4 Å². The third kappa shape index (κ3) is 15.1. The molecule has 38 heavy (non-hydrogen) atoms. The number of phenolic OH excluding ortho intramolecular Hbond substituents is 1. The van der Waals surface area contributed by atoms with Gasteiger partial charge in [0.2, 0.25) is 5.91 Å². The van der Waals surface area contributed by atoms with E-state index < -0.39 is 10.8 Å². The summed E-state index contributed by atoms with van der Waals surface area (Å²) in [7, 11) is -0.999. The van der Waals surface area contributed by atoms with E-state index in [2.05, 4.69) is 12.2 Å². The molecule has 4 nitrogen and oxygen atoms in total. The molecule has 0 radical (unpaired) electrons. The van der Waals surface area contributed by atoms with Crippen molar-refractivity contribution in [2.45, 2.75) is 115 Å². The van der Waals surface area contributed by atoms with Crippen molar-refractivity contribution in [2.24, 2.45) is 0 Å². The first-order valence-corrected chi connectivity index (χ1v) is 16.2. The molecule has 0 aliphatic heterocycles. The normalized spacial score (nSPS) is 12.1. The zero-order chi connectivity index (χ0) is 27.3. The predicted molar refractivity (Wildman–Crippen MR) is 163 cm³/mol. The molecule has 0 heterocycles. The third-order valence-corrected chi connectivity index (χ3v) is 8.35. The number of rotatable bonds is 21. The number of nitrogens with one attached hydrogen (secondary N) is 1. The Kier molecular flexibility index (Phi) is 17.2. The molecule has 0 spiro atoms. The molecule has 0 aromatic heterocycles. The minimum atomic E-state index is -0.999. The van der Waals surface area contributed by atoms with Gasteiger partial charge in [0, 0.05) is 22.4 Å². The second-order valence-corrected chi connectivity index (χ2v) is 11.9. The van der Waals surface area contributed by atoms with Crippen LogP contribution in [0.1, 0.15) is 115 Å². The van der Waals surface area contributed by atoms with E-state index >= 15 is 0 Å². The molecule has 0 bridgehead atoms. The number of carbonyl (C=O) groups is 1. The Morgan fingerprint density at radius 1 is 0.711 bits per heavy atom. The van der Waals surface area contributed by atoms with Crippen molar-refractivity contribution in [2.75, 3.05) is 11.1 Å². The maximum absolute atomic E-state index is 12.6. The number of aromatic hydroxyl groups is 1. The predicted octanol–water partition coefficient (Wildman–Crippen LogP) is 9.41. The molecule has 5 heteroatoms. The minimum Gasteiger partial charge on any atom is -0.508 e. The molecule has 1 unspecified atom stereocenters. The van der Waals surface area contributed by atoms with Crippen molar-refractivity contribution in [3.05, 3.63) is 60.2 Å². The number of hydrogen-bond acceptors (Lipinski definition) is 3. The average molecular weight is 540 g/mol. The smallest absolute Gasteiger partial charge is 0.248 e. The minimum absolute atomic E-state index is 0.193. The van der Waals surface area contributed by atoms with Gasteiger partial charge in [-0.15, -0.1) is 0 Å². The van der Waals surface area contributed by atoms with Crippen LogP contribution >= 0.6 is 0 Å². The summed E-state index contributed by atoms with van der Waals surface area (Å²) < 4.78 is 12.6. The summed E-state index contributed by atoms with van der Waals surface area (Å²) in [6.07, 6.45) is 24.5. The largest absolute Gasteiger partial charge is 0.508 e. The fourth-order valence-electron chi connectivity index (χ4n) is 4.53. The fourth-order valence-corrected chi connectivity index (χ4v) is 5.67. The molecule has 0 aliphatic carbocycles. The van der Waals surface area contributed by atoms with Crippen molar-refractivity contribution >= 4 is 28.5 Å². The Morgan fingerprint density at radius 2 is 1.18 bits per heavy atom. The fraction of sp³-hybridized carbons (Fsp3) is 0.545. The van der Waals surface area contributed by atoms with Crippen LogP contribution in [0.5, 0.6) is 5.75 Å². The van der Waals surface area contributed by atoms with Crippen molar-refractivity contribution < 1.29 is 14.1 Å². The highest BCUT2D eigenvalue weighted by Crippen LogP contribution is 2.17. The quantitative estimate of drug-likeness (QED) is 0.123. The van der Waals surface area contributed by atoms with Gasteiger partial charge in [0.15, 0.2) is 0 Å². The number of hydrogen-bond donors (Lipinski definition) is 2. The van der Waals surface area contributed by atoms with Crippen molar-refractivity contribution in [3.63, 3.8) is 0 Å². The maximum Gasteiger partial charge on any atom is 0.248 e. The van der Waals surface area contributed by atoms with Gasteiger partial charge in [0.25, 0.3) is 0 Å². The summed E-state index contributed by atoms with van der Waals surface area (Å²) in [4.78, 5) is 12.9. The number of unbranched alkanes of at least 4 members (excludes halogenated alkanes) is 15. The highest BCUT2D eigenvalue weighted by Gasteiger charge is 2.05. The number of phenols is 1. The zero-order valence-corrected chi connectivity index (χ0v) is 24.3. The Morgan fingerprint density at radius 3 is 1.68 bits per heavy atom. The summed E-state index contributed by atoms with van der Waals surface area (Å²) in [5.41, 5.74) is 1.51. The number of carbonyl (C=O) groups excluding carboxylic acids is 1. The summed E-state index contributed by atoms with van der Waals surface area (Å²) in [6, 6.07) is 13.9. The summed E-state index contributed by atoms with van der Waals surface area (Å²) in [5, 5.41) is 12.1. The van der Waals surface area contributed by atoms with Crippen LogP contribution in [0.3, 0.4) is 0 Å². The average Bonchev–Trinajstić information content (AvgIpc) is 2.93. The highest BCUT2D eigenvalue weighted by molar-refractivity contribution is 7.85. The van der Waals surface area contributed by atoms with Crippen LogP contribution < -0.4 is 5.32 Å². The standard InChI is InChI=1S/C33H49NO3S/c1-2-3-4-5-6-7-8-9-10-11-12-13-14-15-16-17-28-38(37)32-25-21-30(22-26-32)34-33(36)27-20-29-18-23-31(35)24-19-29/h18-27,35H,2-17,28H2,1H3,(H,34,36). The molecule has 1 atom stereocenters. The molecule has 2 aromatic carbocycles. The van der Waals surface area contributed by atoms with E-state index in [0.717, 1.165) is 23.3 Å². The van der Waals surface area contributed by atoms with Gasteiger partial charge in [-0.05, 0) is 54.5 Å². The zero-order valence-electron chi connectivity index (χ0n) is 23.5. The van der Waals surface area contributed by atoms with Crippen LogP contribution in [-0.2, 0) is 15.6 Å². The third-order valence-electron chi connectivity index (χ3n) is 6.89. The van der Waals surface area contributed by atoms with Gasteiger partial charge in [0.05, 0.1) is 10.8 Å². The molecular formula is C33H49NO3S. The second-order valence-electron chi connectivity index (χ2n) is 10.3. The number of benzene rings is 2. The first-order chi connectivity index (χ1) is 18.6. The van der Waals surface area contributed by atoms with E-state index in [1.165, 1.54) is 96.0 Å². The van der Waals surface area contributed by atoms with Crippen LogP contribution in [-0.4, -0.2) is 21.0 Å². The lowest BCUT2D eigenvalue weighted by Crippen LogP contribution is -2.07. The maximum atomic E-state index is 12.6. The van der Waals surface area contributed by atoms with E-state index in [9.17, 15) is 14.1 Å². The Hall–Kier alpha value is -2.40. The Bertz CT molecular complexity index is 938. The van der Waals surface area contributed by atoms with Crippen LogP contribution in [0, 0.1) is 0 Å². The van der Waals surface area contributed by atoms with Crippen LogP contribution in [0.15, 0.2) is 59.5 Å². The molecular weight excluding hydrogens is 490 g/mol. The van der Waals surface area contributed by atoms with Crippen LogP contribution in [0.2, 0.25) is 0 Å². The lowest BCUT2D eigenvalue weighted by Gasteiger charge is -2.06. The van der Waals surface area contributed by atoms with Gasteiger partial charge in [-0.25, -0.2) is 0 Å². The molecule has 0 saturated carbocycles. The van der Waals surface area contributed by atoms with Crippen LogP contribution in [0.4, 0.5) is 5.69 Å². The first kappa shape index (κ1) is 31.8. The summed E-state index contributed by atoms with van der Waals surface area (Å²) in [5.74, 6) is 0.651. The summed E-state index contributed by atoms with van der Waals surface area (Å²) in [6.45, 7) is 2.28. The van der Waals surface area contributed by atoms with E-state index in [4.69, 9.17) is 0 Å². The van der Waals surface area contributed by atoms with Crippen molar-refractivity contribution in [1.29, 1.82) is 0 Å². The lowest BCUT2D eigenvalue weighted by molar-refractivity contribution is -0.111. The summed E-state index contributed by atoms with van der Waals surface area (Å²) >= 11 is 0. The van der Waals surface area contributed by atoms with Gasteiger partial charge in [-0.1, -0.05) is 115 Å². The second kappa shape index (κ2) is 20.5. The van der Waals surface area contributed by atoms with E-state index in [0.29, 0.717) is 11.4 Å². The Labute approximate surface area is 233 Å². The highest BCUT2D eigenvalue weighted by atomic mass is 32.2. The molecule has 2 rings (SSSR count). The van der Waals surface area contributed by atoms with E-state index in [1.807, 2.05) is 12.1 Å². The van der Waals surface area contributed by atoms with Gasteiger partial charge in [0.1, 0.15) is 5.75 Å². The molecule has 2 N–H and O–H groups in total. The van der Waals surface area contributed by atoms with E-state index in [-0.39, 0.29) is 11.7 Å². The lowest BCUT2D eigenvalue weighted by atomic mass is 10.0. The SMILES string of the molecule is CCCCCCCCCCCCCCCCCCS(=O)c1ccc(NC(=O)C=Cc2ccc(O)cc2)cc1. The molecule has 0 fully saturated rings. The van der Waals surface area contributed by atoms with E-state index in [1.54, 1.807) is 42.5 Å². The molecule has 210 valence electrons. The number of amides is 1. The molecule has 1 amide bonds. The van der Waals surface area contributed by atoms with Crippen LogP contribution in [0.25, 0.3) is 6.08 Å². The molecule has 0 aliphatic rings. The monoisotopic (exact) mass is 539 g/mol. The van der Waals surface area contributed by atoms with Crippen molar-refractivity contribution in [1.82, 2.24) is 0 Å². The van der Waals surface area contributed by atoms with Crippen molar-refractivity contribution in [3.8, 4) is 5.75 Å². The van der Waals surface area contributed by atoms with Gasteiger partial charge >= 0.3 is 0 Å². The Balaban J connectivity index is 1.47. The molecule has 0 saturated heterocycles. The number of anilines is 1. The van der Waals surface area contributed by atoms with Gasteiger partial charge in [-0.2, -0.15) is 0 Å². The first-order valence-electron chi connectivity index (χ1n) is 14.8.